The third kappa shape index (κ3) is 4.63. The highest BCUT2D eigenvalue weighted by atomic mass is 19.1. The summed E-state index contributed by atoms with van der Waals surface area (Å²) in [4.78, 5) is 22.5. The molecule has 3 rings (SSSR count). The first-order chi connectivity index (χ1) is 13.1. The highest BCUT2D eigenvalue weighted by Gasteiger charge is 2.16. The van der Waals surface area contributed by atoms with Gasteiger partial charge in [0.15, 0.2) is 0 Å². The molecule has 0 aliphatic carbocycles. The van der Waals surface area contributed by atoms with Gasteiger partial charge in [-0.05, 0) is 24.6 Å². The van der Waals surface area contributed by atoms with Crippen molar-refractivity contribution >= 4 is 17.5 Å². The van der Waals surface area contributed by atoms with E-state index < -0.39 is 11.6 Å². The molecule has 1 amide bonds. The third-order valence-corrected chi connectivity index (χ3v) is 3.96. The lowest BCUT2D eigenvalue weighted by Crippen LogP contribution is -2.30. The van der Waals surface area contributed by atoms with Gasteiger partial charge in [0.2, 0.25) is 5.95 Å². The summed E-state index contributed by atoms with van der Waals surface area (Å²) in [6.07, 6.45) is 2.76. The molecule has 0 saturated carbocycles. The zero-order valence-electron chi connectivity index (χ0n) is 14.7. The Morgan fingerprint density at radius 3 is 2.41 bits per heavy atom. The van der Waals surface area contributed by atoms with E-state index in [9.17, 15) is 13.6 Å². The topological polar surface area (TPSA) is 58.1 Å². The van der Waals surface area contributed by atoms with Crippen LogP contribution in [0.2, 0.25) is 0 Å². The van der Waals surface area contributed by atoms with Crippen molar-refractivity contribution < 1.29 is 13.6 Å². The number of amides is 1. The standard InChI is InChI=1S/C20H18F2N4O/c1-2-26(13-14-6-4-3-5-7-14)19(27)15-11-23-20(24-12-15)25-18-9-8-16(21)10-17(18)22/h3-12H,2,13H2,1H3,(H,23,24,25). The second-order valence-corrected chi connectivity index (χ2v) is 5.85. The van der Waals surface area contributed by atoms with Crippen LogP contribution in [0.4, 0.5) is 20.4 Å². The average molecular weight is 368 g/mol. The van der Waals surface area contributed by atoms with Gasteiger partial charge in [-0.1, -0.05) is 30.3 Å². The first-order valence-corrected chi connectivity index (χ1v) is 8.44. The molecule has 0 aliphatic rings. The number of benzene rings is 2. The minimum Gasteiger partial charge on any atom is -0.335 e. The number of carbonyl (C=O) groups excluding carboxylic acids is 1. The van der Waals surface area contributed by atoms with E-state index in [0.29, 0.717) is 18.7 Å². The van der Waals surface area contributed by atoms with Crippen molar-refractivity contribution in [1.82, 2.24) is 14.9 Å². The molecule has 0 radical (unpaired) electrons. The molecule has 0 fully saturated rings. The van der Waals surface area contributed by atoms with Crippen molar-refractivity contribution in [2.45, 2.75) is 13.5 Å². The number of carbonyl (C=O) groups is 1. The first-order valence-electron chi connectivity index (χ1n) is 8.44. The molecule has 1 aromatic heterocycles. The molecule has 0 atom stereocenters. The maximum absolute atomic E-state index is 13.7. The van der Waals surface area contributed by atoms with Crippen LogP contribution in [-0.2, 0) is 6.54 Å². The van der Waals surface area contributed by atoms with E-state index in [1.54, 1.807) is 4.90 Å². The molecule has 0 bridgehead atoms. The molecule has 1 N–H and O–H groups in total. The number of nitrogens with one attached hydrogen (secondary N) is 1. The molecule has 138 valence electrons. The van der Waals surface area contributed by atoms with Gasteiger partial charge in [-0.15, -0.1) is 0 Å². The van der Waals surface area contributed by atoms with Crippen molar-refractivity contribution in [2.75, 3.05) is 11.9 Å². The molecule has 5 nitrogen and oxygen atoms in total. The van der Waals surface area contributed by atoms with Crippen LogP contribution >= 0.6 is 0 Å². The predicted molar refractivity (Wildman–Crippen MR) is 98.5 cm³/mol. The van der Waals surface area contributed by atoms with Crippen LogP contribution in [0.5, 0.6) is 0 Å². The van der Waals surface area contributed by atoms with Crippen molar-refractivity contribution in [3.63, 3.8) is 0 Å². The predicted octanol–water partition coefficient (Wildman–Crippen LogP) is 4.16. The van der Waals surface area contributed by atoms with Crippen molar-refractivity contribution in [3.8, 4) is 0 Å². The molecule has 0 spiro atoms. The molecule has 0 saturated heterocycles. The van der Waals surface area contributed by atoms with E-state index in [4.69, 9.17) is 0 Å². The average Bonchev–Trinajstić information content (AvgIpc) is 2.69. The summed E-state index contributed by atoms with van der Waals surface area (Å²) >= 11 is 0. The Kier molecular flexibility index (Phi) is 5.71. The minimum atomic E-state index is -0.751. The highest BCUT2D eigenvalue weighted by molar-refractivity contribution is 5.93. The van der Waals surface area contributed by atoms with Gasteiger partial charge in [-0.3, -0.25) is 4.79 Å². The quantitative estimate of drug-likeness (QED) is 0.710. The molecule has 0 unspecified atom stereocenters. The lowest BCUT2D eigenvalue weighted by molar-refractivity contribution is 0.0751. The Labute approximate surface area is 155 Å². The molecular weight excluding hydrogens is 350 g/mol. The summed E-state index contributed by atoms with van der Waals surface area (Å²) < 4.78 is 26.6. The highest BCUT2D eigenvalue weighted by Crippen LogP contribution is 2.18. The van der Waals surface area contributed by atoms with Gasteiger partial charge in [0.1, 0.15) is 11.6 Å². The summed E-state index contributed by atoms with van der Waals surface area (Å²) in [7, 11) is 0. The number of hydrogen-bond acceptors (Lipinski definition) is 4. The monoisotopic (exact) mass is 368 g/mol. The van der Waals surface area contributed by atoms with Crippen molar-refractivity contribution in [2.24, 2.45) is 0 Å². The fourth-order valence-corrected chi connectivity index (χ4v) is 2.53. The van der Waals surface area contributed by atoms with Gasteiger partial charge in [0.25, 0.3) is 5.91 Å². The Balaban J connectivity index is 1.70. The third-order valence-electron chi connectivity index (χ3n) is 3.96. The number of rotatable bonds is 6. The van der Waals surface area contributed by atoms with Crippen LogP contribution in [-0.4, -0.2) is 27.3 Å². The number of hydrogen-bond donors (Lipinski definition) is 1. The Bertz CT molecular complexity index is 917. The van der Waals surface area contributed by atoms with E-state index in [2.05, 4.69) is 15.3 Å². The van der Waals surface area contributed by atoms with Gasteiger partial charge < -0.3 is 10.2 Å². The second-order valence-electron chi connectivity index (χ2n) is 5.85. The van der Waals surface area contributed by atoms with Crippen LogP contribution in [0.3, 0.4) is 0 Å². The summed E-state index contributed by atoms with van der Waals surface area (Å²) in [5.41, 5.74) is 1.41. The summed E-state index contributed by atoms with van der Waals surface area (Å²) in [5.74, 6) is -1.50. The largest absolute Gasteiger partial charge is 0.335 e. The molecular formula is C20H18F2N4O. The van der Waals surface area contributed by atoms with Crippen molar-refractivity contribution in [3.05, 3.63) is 83.7 Å². The van der Waals surface area contributed by atoms with Crippen LogP contribution < -0.4 is 5.32 Å². The molecule has 27 heavy (non-hydrogen) atoms. The maximum atomic E-state index is 13.7. The molecule has 3 aromatic rings. The van der Waals surface area contributed by atoms with Gasteiger partial charge in [0.05, 0.1) is 11.3 Å². The molecule has 1 heterocycles. The van der Waals surface area contributed by atoms with E-state index in [1.165, 1.54) is 18.5 Å². The molecule has 0 aliphatic heterocycles. The van der Waals surface area contributed by atoms with Gasteiger partial charge in [-0.2, -0.15) is 0 Å². The van der Waals surface area contributed by atoms with E-state index in [-0.39, 0.29) is 17.5 Å². The van der Waals surface area contributed by atoms with Crippen LogP contribution in [0, 0.1) is 11.6 Å². The van der Waals surface area contributed by atoms with E-state index in [1.807, 2.05) is 37.3 Å². The lowest BCUT2D eigenvalue weighted by Gasteiger charge is -2.20. The fraction of sp³-hybridized carbons (Fsp3) is 0.150. The normalized spacial score (nSPS) is 10.5. The number of nitrogens with zero attached hydrogens (tertiary/aromatic N) is 3. The zero-order valence-corrected chi connectivity index (χ0v) is 14.7. The first kappa shape index (κ1) is 18.4. The summed E-state index contributed by atoms with van der Waals surface area (Å²) in [6, 6.07) is 12.8. The number of anilines is 2. The summed E-state index contributed by atoms with van der Waals surface area (Å²) in [6.45, 7) is 2.92. The molecule has 2 aromatic carbocycles. The van der Waals surface area contributed by atoms with Crippen LogP contribution in [0.25, 0.3) is 0 Å². The van der Waals surface area contributed by atoms with Gasteiger partial charge in [-0.25, -0.2) is 18.7 Å². The minimum absolute atomic E-state index is 0.0507. The van der Waals surface area contributed by atoms with Crippen LogP contribution in [0.15, 0.2) is 60.9 Å². The van der Waals surface area contributed by atoms with E-state index >= 15 is 0 Å². The maximum Gasteiger partial charge on any atom is 0.257 e. The Hall–Kier alpha value is -3.35. The van der Waals surface area contributed by atoms with E-state index in [0.717, 1.165) is 17.7 Å². The van der Waals surface area contributed by atoms with Gasteiger partial charge in [0, 0.05) is 31.5 Å². The SMILES string of the molecule is CCN(Cc1ccccc1)C(=O)c1cnc(Nc2ccc(F)cc2F)nc1. The summed E-state index contributed by atoms with van der Waals surface area (Å²) in [5, 5.41) is 2.66. The Morgan fingerprint density at radius 1 is 1.07 bits per heavy atom. The fourth-order valence-electron chi connectivity index (χ4n) is 2.53. The smallest absolute Gasteiger partial charge is 0.257 e. The lowest BCUT2D eigenvalue weighted by atomic mass is 10.2. The second kappa shape index (κ2) is 8.35. The number of aromatic nitrogens is 2. The van der Waals surface area contributed by atoms with Gasteiger partial charge >= 0.3 is 0 Å². The Morgan fingerprint density at radius 2 is 1.78 bits per heavy atom. The number of halogens is 2. The van der Waals surface area contributed by atoms with Crippen LogP contribution in [0.1, 0.15) is 22.8 Å². The molecule has 7 heteroatoms. The zero-order chi connectivity index (χ0) is 19.2. The van der Waals surface area contributed by atoms with Crippen molar-refractivity contribution in [1.29, 1.82) is 0 Å².